The number of halogens is 2. The van der Waals surface area contributed by atoms with Crippen molar-refractivity contribution >= 4 is 34.2 Å². The Balaban J connectivity index is 3.17. The van der Waals surface area contributed by atoms with Crippen LogP contribution in [-0.4, -0.2) is 23.8 Å². The van der Waals surface area contributed by atoms with Gasteiger partial charge in [0.2, 0.25) is 0 Å². The van der Waals surface area contributed by atoms with Gasteiger partial charge < -0.3 is 4.90 Å². The highest BCUT2D eigenvalue weighted by Gasteiger charge is 2.22. The van der Waals surface area contributed by atoms with E-state index in [1.165, 1.54) is 6.20 Å². The Labute approximate surface area is 98.9 Å². The van der Waals surface area contributed by atoms with Crippen LogP contribution in [0.2, 0.25) is 0 Å². The highest BCUT2D eigenvalue weighted by molar-refractivity contribution is 8.09. The van der Waals surface area contributed by atoms with E-state index >= 15 is 0 Å². The molecule has 0 aromatic heterocycles. The van der Waals surface area contributed by atoms with Gasteiger partial charge in [0, 0.05) is 13.1 Å². The lowest BCUT2D eigenvalue weighted by Gasteiger charge is -2.24. The lowest BCUT2D eigenvalue weighted by atomic mass is 10.2. The van der Waals surface area contributed by atoms with E-state index < -0.39 is 5.91 Å². The summed E-state index contributed by atoms with van der Waals surface area (Å²) in [4.78, 5) is 1.93. The van der Waals surface area contributed by atoms with Crippen LogP contribution in [0.25, 0.3) is 0 Å². The van der Waals surface area contributed by atoms with Crippen molar-refractivity contribution in [2.24, 2.45) is 9.51 Å². The molecule has 0 fully saturated rings. The quantitative estimate of drug-likeness (QED) is 0.716. The molecule has 1 aliphatic rings. The standard InChI is InChI=1S/C8H11Cl2N4P/c1-3-14(4-2)8-7(5-11)6-12-15(9,10)13-8/h6H,3-4H2,1-2H3. The number of nitrogens with zero attached hydrogens (tertiary/aromatic N) is 4. The van der Waals surface area contributed by atoms with Crippen molar-refractivity contribution in [3.8, 4) is 6.07 Å². The zero-order chi connectivity index (χ0) is 11.5. The van der Waals surface area contributed by atoms with Crippen LogP contribution in [0.3, 0.4) is 0 Å². The molecule has 0 aromatic carbocycles. The first kappa shape index (κ1) is 12.6. The van der Waals surface area contributed by atoms with E-state index in [1.54, 1.807) is 0 Å². The number of hydrogen-bond donors (Lipinski definition) is 0. The summed E-state index contributed by atoms with van der Waals surface area (Å²) in [6, 6.07) is 2.04. The molecular weight excluding hydrogens is 254 g/mol. The van der Waals surface area contributed by atoms with Crippen molar-refractivity contribution in [1.29, 1.82) is 5.26 Å². The molecule has 15 heavy (non-hydrogen) atoms. The van der Waals surface area contributed by atoms with Gasteiger partial charge in [0.15, 0.2) is 5.84 Å². The van der Waals surface area contributed by atoms with E-state index in [-0.39, 0.29) is 0 Å². The molecule has 0 radical (unpaired) electrons. The van der Waals surface area contributed by atoms with Gasteiger partial charge in [0.25, 0.3) is 5.91 Å². The molecule has 1 rings (SSSR count). The van der Waals surface area contributed by atoms with Gasteiger partial charge in [-0.05, 0) is 36.3 Å². The SMILES string of the molecule is CCN(CC)C1=NP(Cl)(Cl)=NC=C1C#N. The van der Waals surface area contributed by atoms with Gasteiger partial charge in [-0.25, -0.2) is 4.74 Å². The van der Waals surface area contributed by atoms with E-state index in [4.69, 9.17) is 27.7 Å². The minimum atomic E-state index is -2.64. The van der Waals surface area contributed by atoms with Crippen LogP contribution in [0.1, 0.15) is 13.8 Å². The third kappa shape index (κ3) is 2.98. The van der Waals surface area contributed by atoms with Crippen LogP contribution < -0.4 is 0 Å². The van der Waals surface area contributed by atoms with Gasteiger partial charge >= 0.3 is 0 Å². The Morgan fingerprint density at radius 2 is 2.07 bits per heavy atom. The Bertz CT molecular complexity index is 397. The maximum atomic E-state index is 8.91. The summed E-state index contributed by atoms with van der Waals surface area (Å²) in [6.07, 6.45) is 1.41. The topological polar surface area (TPSA) is 51.8 Å². The summed E-state index contributed by atoms with van der Waals surface area (Å²) in [5, 5.41) is 8.91. The number of hydrogen-bond acceptors (Lipinski definition) is 4. The van der Waals surface area contributed by atoms with Gasteiger partial charge in [-0.3, -0.25) is 0 Å². The van der Waals surface area contributed by atoms with Crippen LogP contribution >= 0.6 is 28.4 Å². The van der Waals surface area contributed by atoms with Crippen LogP contribution in [0.15, 0.2) is 21.3 Å². The summed E-state index contributed by atoms with van der Waals surface area (Å²) < 4.78 is 7.99. The Morgan fingerprint density at radius 1 is 1.47 bits per heavy atom. The van der Waals surface area contributed by atoms with Crippen molar-refractivity contribution in [1.82, 2.24) is 4.90 Å². The first-order valence-electron chi connectivity index (χ1n) is 4.50. The second-order valence-electron chi connectivity index (χ2n) is 2.82. The van der Waals surface area contributed by atoms with Crippen molar-refractivity contribution in [2.75, 3.05) is 13.1 Å². The molecule has 1 aliphatic heterocycles. The number of nitriles is 1. The van der Waals surface area contributed by atoms with Crippen molar-refractivity contribution < 1.29 is 0 Å². The normalized spacial score (nSPS) is 18.3. The lowest BCUT2D eigenvalue weighted by Crippen LogP contribution is -2.31. The predicted molar refractivity (Wildman–Crippen MR) is 65.1 cm³/mol. The monoisotopic (exact) mass is 264 g/mol. The van der Waals surface area contributed by atoms with Gasteiger partial charge in [-0.15, -0.1) is 0 Å². The third-order valence-corrected chi connectivity index (χ3v) is 3.77. The Morgan fingerprint density at radius 3 is 2.53 bits per heavy atom. The average molecular weight is 265 g/mol. The average Bonchev–Trinajstić information content (AvgIpc) is 2.19. The molecule has 7 heteroatoms. The molecule has 0 aliphatic carbocycles. The molecular formula is C8H11Cl2N4P. The van der Waals surface area contributed by atoms with Gasteiger partial charge in [-0.2, -0.15) is 10.0 Å². The number of rotatable bonds is 2. The molecule has 1 heterocycles. The number of amidine groups is 1. The maximum absolute atomic E-state index is 8.91. The van der Waals surface area contributed by atoms with Crippen LogP contribution in [0.4, 0.5) is 0 Å². The predicted octanol–water partition coefficient (Wildman–Crippen LogP) is 3.57. The van der Waals surface area contributed by atoms with E-state index in [0.717, 1.165) is 13.1 Å². The van der Waals surface area contributed by atoms with Crippen molar-refractivity contribution in [2.45, 2.75) is 13.8 Å². The summed E-state index contributed by atoms with van der Waals surface area (Å²) >= 11 is 11.8. The molecule has 0 spiro atoms. The number of likely N-dealkylation sites (N-methyl/N-ethyl adjacent to an activating group) is 1. The highest BCUT2D eigenvalue weighted by Crippen LogP contribution is 2.63. The van der Waals surface area contributed by atoms with Crippen LogP contribution in [0, 0.1) is 11.3 Å². The van der Waals surface area contributed by atoms with Crippen molar-refractivity contribution in [3.05, 3.63) is 11.8 Å². The fourth-order valence-electron chi connectivity index (χ4n) is 1.21. The molecule has 0 atom stereocenters. The second kappa shape index (κ2) is 5.03. The molecule has 0 amide bonds. The molecule has 4 nitrogen and oxygen atoms in total. The minimum absolute atomic E-state index is 0.413. The molecule has 0 aromatic rings. The minimum Gasteiger partial charge on any atom is -0.356 e. The molecule has 0 bridgehead atoms. The maximum Gasteiger partial charge on any atom is 0.254 e. The van der Waals surface area contributed by atoms with Crippen molar-refractivity contribution in [3.63, 3.8) is 0 Å². The fraction of sp³-hybridized carbons (Fsp3) is 0.500. The smallest absolute Gasteiger partial charge is 0.254 e. The lowest BCUT2D eigenvalue weighted by molar-refractivity contribution is 0.467. The first-order chi connectivity index (χ1) is 7.04. The van der Waals surface area contributed by atoms with Crippen LogP contribution in [-0.2, 0) is 0 Å². The van der Waals surface area contributed by atoms with Gasteiger partial charge in [0.1, 0.15) is 11.6 Å². The van der Waals surface area contributed by atoms with E-state index in [0.29, 0.717) is 11.4 Å². The first-order valence-corrected chi connectivity index (χ1v) is 8.01. The highest BCUT2D eigenvalue weighted by atomic mass is 35.9. The summed E-state index contributed by atoms with van der Waals surface area (Å²) in [5.41, 5.74) is 0.413. The Kier molecular flexibility index (Phi) is 4.21. The molecule has 0 saturated heterocycles. The molecule has 0 N–H and O–H groups in total. The molecule has 82 valence electrons. The fourth-order valence-corrected chi connectivity index (χ4v) is 2.67. The largest absolute Gasteiger partial charge is 0.356 e. The molecule has 0 unspecified atom stereocenters. The molecule has 0 saturated carbocycles. The zero-order valence-corrected chi connectivity index (χ0v) is 10.9. The summed E-state index contributed by atoms with van der Waals surface area (Å²) in [5.74, 6) is -2.08. The Hall–Kier alpha value is -0.490. The van der Waals surface area contributed by atoms with Gasteiger partial charge in [0.05, 0.1) is 6.20 Å². The third-order valence-electron chi connectivity index (χ3n) is 1.97. The zero-order valence-electron chi connectivity index (χ0n) is 8.48. The van der Waals surface area contributed by atoms with Gasteiger partial charge in [-0.1, -0.05) is 0 Å². The second-order valence-corrected chi connectivity index (χ2v) is 7.51. The van der Waals surface area contributed by atoms with E-state index in [9.17, 15) is 0 Å². The van der Waals surface area contributed by atoms with E-state index in [1.807, 2.05) is 24.8 Å². The van der Waals surface area contributed by atoms with E-state index in [2.05, 4.69) is 9.51 Å². The van der Waals surface area contributed by atoms with Crippen LogP contribution in [0.5, 0.6) is 0 Å². The summed E-state index contributed by atoms with van der Waals surface area (Å²) in [7, 11) is 0. The summed E-state index contributed by atoms with van der Waals surface area (Å²) in [6.45, 7) is 5.47.